The molecule has 0 radical (unpaired) electrons. The van der Waals surface area contributed by atoms with Gasteiger partial charge in [0.15, 0.2) is 0 Å². The van der Waals surface area contributed by atoms with E-state index in [4.69, 9.17) is 4.74 Å². The third-order valence-corrected chi connectivity index (χ3v) is 3.72. The van der Waals surface area contributed by atoms with Gasteiger partial charge in [-0.05, 0) is 37.5 Å². The number of nitrogens with one attached hydrogen (secondary N) is 2. The van der Waals surface area contributed by atoms with E-state index < -0.39 is 0 Å². The van der Waals surface area contributed by atoms with Crippen molar-refractivity contribution in [3.63, 3.8) is 0 Å². The molecular formula is C17H27N3O2. The van der Waals surface area contributed by atoms with Crippen molar-refractivity contribution in [3.05, 3.63) is 29.8 Å². The van der Waals surface area contributed by atoms with Crippen molar-refractivity contribution in [2.45, 2.75) is 39.3 Å². The maximum atomic E-state index is 12.2. The molecule has 1 heterocycles. The maximum Gasteiger partial charge on any atom is 0.317 e. The number of carbonyl (C=O) groups is 1. The minimum atomic E-state index is -0.00876. The van der Waals surface area contributed by atoms with E-state index in [2.05, 4.69) is 29.7 Å². The Morgan fingerprint density at radius 3 is 2.86 bits per heavy atom. The van der Waals surface area contributed by atoms with Crippen molar-refractivity contribution in [1.29, 1.82) is 0 Å². The molecule has 5 heteroatoms. The fraction of sp³-hybridized carbons (Fsp3) is 0.588. The Labute approximate surface area is 133 Å². The lowest BCUT2D eigenvalue weighted by Gasteiger charge is -2.22. The maximum absolute atomic E-state index is 12.2. The summed E-state index contributed by atoms with van der Waals surface area (Å²) >= 11 is 0. The number of amides is 2. The average Bonchev–Trinajstić information content (AvgIpc) is 2.76. The number of ether oxygens (including phenoxy) is 1. The van der Waals surface area contributed by atoms with E-state index in [-0.39, 0.29) is 12.1 Å². The quantitative estimate of drug-likeness (QED) is 0.879. The summed E-state index contributed by atoms with van der Waals surface area (Å²) in [7, 11) is 0. The Hall–Kier alpha value is -1.75. The van der Waals surface area contributed by atoms with Gasteiger partial charge < -0.3 is 20.3 Å². The molecule has 0 bridgehead atoms. The molecule has 0 aromatic heterocycles. The topological polar surface area (TPSA) is 53.6 Å². The van der Waals surface area contributed by atoms with Gasteiger partial charge in [0.1, 0.15) is 0 Å². The SMILES string of the molecule is CCCNc1ccc(CNC(=O)N2CCCO[C@H](C)C2)cc1. The van der Waals surface area contributed by atoms with Gasteiger partial charge in [-0.2, -0.15) is 0 Å². The number of carbonyl (C=O) groups excluding carboxylic acids is 1. The molecule has 2 N–H and O–H groups in total. The standard InChI is InChI=1S/C17H27N3O2/c1-3-9-18-16-7-5-15(6-8-16)12-19-17(21)20-10-4-11-22-14(2)13-20/h5-8,14,18H,3-4,9-13H2,1-2H3,(H,19,21)/t14-/m1/s1. The summed E-state index contributed by atoms with van der Waals surface area (Å²) in [6.07, 6.45) is 2.11. The van der Waals surface area contributed by atoms with Gasteiger partial charge in [0.25, 0.3) is 0 Å². The Morgan fingerprint density at radius 1 is 1.36 bits per heavy atom. The van der Waals surface area contributed by atoms with Gasteiger partial charge in [-0.1, -0.05) is 19.1 Å². The molecule has 22 heavy (non-hydrogen) atoms. The molecule has 0 saturated carbocycles. The van der Waals surface area contributed by atoms with Crippen LogP contribution in [-0.2, 0) is 11.3 Å². The number of rotatable bonds is 5. The molecule has 1 saturated heterocycles. The highest BCUT2D eigenvalue weighted by Crippen LogP contribution is 2.10. The third kappa shape index (κ3) is 5.22. The number of hydrogen-bond acceptors (Lipinski definition) is 3. The van der Waals surface area contributed by atoms with Gasteiger partial charge in [-0.15, -0.1) is 0 Å². The molecule has 2 rings (SSSR count). The van der Waals surface area contributed by atoms with E-state index >= 15 is 0 Å². The molecule has 0 spiro atoms. The summed E-state index contributed by atoms with van der Waals surface area (Å²) in [4.78, 5) is 14.1. The second-order valence-electron chi connectivity index (χ2n) is 5.76. The van der Waals surface area contributed by atoms with E-state index in [1.54, 1.807) is 0 Å². The zero-order valence-corrected chi connectivity index (χ0v) is 13.6. The molecule has 1 fully saturated rings. The van der Waals surface area contributed by atoms with Crippen molar-refractivity contribution >= 4 is 11.7 Å². The van der Waals surface area contributed by atoms with Crippen molar-refractivity contribution in [3.8, 4) is 0 Å². The zero-order chi connectivity index (χ0) is 15.8. The summed E-state index contributed by atoms with van der Waals surface area (Å²) < 4.78 is 5.56. The van der Waals surface area contributed by atoms with Crippen LogP contribution in [0.3, 0.4) is 0 Å². The molecule has 0 aliphatic carbocycles. The minimum absolute atomic E-state index is 0.00876. The molecular weight excluding hydrogens is 278 g/mol. The van der Waals surface area contributed by atoms with Gasteiger partial charge in [0.05, 0.1) is 6.10 Å². The smallest absolute Gasteiger partial charge is 0.317 e. The van der Waals surface area contributed by atoms with Crippen LogP contribution in [0.4, 0.5) is 10.5 Å². The van der Waals surface area contributed by atoms with Crippen molar-refractivity contribution in [1.82, 2.24) is 10.2 Å². The van der Waals surface area contributed by atoms with Crippen LogP contribution < -0.4 is 10.6 Å². The molecule has 122 valence electrons. The van der Waals surface area contributed by atoms with Crippen LogP contribution in [0.5, 0.6) is 0 Å². The molecule has 2 amide bonds. The molecule has 1 aromatic carbocycles. The number of hydrogen-bond donors (Lipinski definition) is 2. The first-order valence-corrected chi connectivity index (χ1v) is 8.16. The highest BCUT2D eigenvalue weighted by atomic mass is 16.5. The number of benzene rings is 1. The summed E-state index contributed by atoms with van der Waals surface area (Å²) in [5.74, 6) is 0. The van der Waals surface area contributed by atoms with E-state index in [1.807, 2.05) is 24.0 Å². The Balaban J connectivity index is 1.80. The van der Waals surface area contributed by atoms with Crippen LogP contribution >= 0.6 is 0 Å². The summed E-state index contributed by atoms with van der Waals surface area (Å²) in [5.41, 5.74) is 2.23. The molecule has 1 aromatic rings. The van der Waals surface area contributed by atoms with Crippen molar-refractivity contribution in [2.24, 2.45) is 0 Å². The molecule has 1 aliphatic rings. The Kier molecular flexibility index (Phi) is 6.52. The lowest BCUT2D eigenvalue weighted by molar-refractivity contribution is 0.0710. The normalized spacial score (nSPS) is 18.6. The van der Waals surface area contributed by atoms with Crippen LogP contribution in [0.1, 0.15) is 32.3 Å². The Bertz CT molecular complexity index is 461. The van der Waals surface area contributed by atoms with E-state index in [1.165, 1.54) is 0 Å². The summed E-state index contributed by atoms with van der Waals surface area (Å²) in [6.45, 7) is 7.84. The van der Waals surface area contributed by atoms with Gasteiger partial charge >= 0.3 is 6.03 Å². The van der Waals surface area contributed by atoms with Crippen LogP contribution in [0, 0.1) is 0 Å². The second-order valence-corrected chi connectivity index (χ2v) is 5.76. The van der Waals surface area contributed by atoms with E-state index in [0.29, 0.717) is 13.1 Å². The lowest BCUT2D eigenvalue weighted by atomic mass is 10.2. The van der Waals surface area contributed by atoms with Gasteiger partial charge in [-0.3, -0.25) is 0 Å². The van der Waals surface area contributed by atoms with Crippen LogP contribution in [-0.4, -0.2) is 43.3 Å². The second kappa shape index (κ2) is 8.63. The first kappa shape index (κ1) is 16.6. The van der Waals surface area contributed by atoms with Crippen LogP contribution in [0.2, 0.25) is 0 Å². The van der Waals surface area contributed by atoms with Crippen molar-refractivity contribution < 1.29 is 9.53 Å². The van der Waals surface area contributed by atoms with E-state index in [9.17, 15) is 4.79 Å². The summed E-state index contributed by atoms with van der Waals surface area (Å²) in [5, 5.41) is 6.33. The number of urea groups is 1. The van der Waals surface area contributed by atoms with Gasteiger partial charge in [-0.25, -0.2) is 4.79 Å². The highest BCUT2D eigenvalue weighted by Gasteiger charge is 2.19. The lowest BCUT2D eigenvalue weighted by Crippen LogP contribution is -2.42. The monoisotopic (exact) mass is 305 g/mol. The minimum Gasteiger partial charge on any atom is -0.385 e. The third-order valence-electron chi connectivity index (χ3n) is 3.72. The van der Waals surface area contributed by atoms with E-state index in [0.717, 1.165) is 43.8 Å². The molecule has 0 unspecified atom stereocenters. The first-order chi connectivity index (χ1) is 10.7. The number of anilines is 1. The predicted molar refractivity (Wildman–Crippen MR) is 89.1 cm³/mol. The summed E-state index contributed by atoms with van der Waals surface area (Å²) in [6, 6.07) is 8.20. The molecule has 1 aliphatic heterocycles. The van der Waals surface area contributed by atoms with Gasteiger partial charge in [0, 0.05) is 38.5 Å². The highest BCUT2D eigenvalue weighted by molar-refractivity contribution is 5.74. The fourth-order valence-electron chi connectivity index (χ4n) is 2.48. The average molecular weight is 305 g/mol. The molecule has 5 nitrogen and oxygen atoms in total. The van der Waals surface area contributed by atoms with Crippen LogP contribution in [0.25, 0.3) is 0 Å². The predicted octanol–water partition coefficient (Wildman–Crippen LogP) is 2.83. The zero-order valence-electron chi connectivity index (χ0n) is 13.6. The number of nitrogens with zero attached hydrogens (tertiary/aromatic N) is 1. The van der Waals surface area contributed by atoms with Gasteiger partial charge in [0.2, 0.25) is 0 Å². The fourth-order valence-corrected chi connectivity index (χ4v) is 2.48. The first-order valence-electron chi connectivity index (χ1n) is 8.16. The Morgan fingerprint density at radius 2 is 2.14 bits per heavy atom. The van der Waals surface area contributed by atoms with Crippen molar-refractivity contribution in [2.75, 3.05) is 31.6 Å². The molecule has 1 atom stereocenters. The largest absolute Gasteiger partial charge is 0.385 e. The van der Waals surface area contributed by atoms with Crippen LogP contribution in [0.15, 0.2) is 24.3 Å².